The van der Waals surface area contributed by atoms with Gasteiger partial charge in [0.05, 0.1) is 4.92 Å². The molecule has 0 aliphatic rings. The third-order valence-electron chi connectivity index (χ3n) is 2.86. The highest BCUT2D eigenvalue weighted by Crippen LogP contribution is 2.30. The molecule has 0 radical (unpaired) electrons. The first-order chi connectivity index (χ1) is 10.9. The van der Waals surface area contributed by atoms with Gasteiger partial charge in [0.15, 0.2) is 0 Å². The first-order valence-corrected chi connectivity index (χ1v) is 7.13. The molecule has 2 rings (SSSR count). The van der Waals surface area contributed by atoms with Crippen LogP contribution in [0.2, 0.25) is 5.02 Å². The van der Waals surface area contributed by atoms with E-state index in [9.17, 15) is 14.9 Å². The number of halogens is 1. The van der Waals surface area contributed by atoms with E-state index in [1.807, 2.05) is 0 Å². The van der Waals surface area contributed by atoms with Crippen molar-refractivity contribution in [3.8, 4) is 11.6 Å². The molecule has 1 heterocycles. The number of anilines is 1. The Kier molecular flexibility index (Phi) is 5.13. The third-order valence-corrected chi connectivity index (χ3v) is 3.14. The zero-order valence-corrected chi connectivity index (χ0v) is 13.2. The molecule has 0 spiro atoms. The van der Waals surface area contributed by atoms with Gasteiger partial charge < -0.3 is 10.1 Å². The Bertz CT molecular complexity index is 732. The molecule has 0 fully saturated rings. The number of carbonyl (C=O) groups excluding carboxylic acids is 1. The Morgan fingerprint density at radius 2 is 2.00 bits per heavy atom. The smallest absolute Gasteiger partial charge is 0.289 e. The molecule has 120 valence electrons. The van der Waals surface area contributed by atoms with E-state index >= 15 is 0 Å². The summed E-state index contributed by atoms with van der Waals surface area (Å²) in [5.41, 5.74) is 0.424. The maximum absolute atomic E-state index is 11.6. The predicted octanol–water partition coefficient (Wildman–Crippen LogP) is 4.03. The fourth-order valence-electron chi connectivity index (χ4n) is 1.59. The Morgan fingerprint density at radius 1 is 1.35 bits per heavy atom. The number of rotatable bonds is 5. The molecule has 1 amide bonds. The lowest BCUT2D eigenvalue weighted by Gasteiger charge is -2.09. The number of nitrogens with one attached hydrogen (secondary N) is 1. The van der Waals surface area contributed by atoms with Gasteiger partial charge in [0.2, 0.25) is 11.8 Å². The summed E-state index contributed by atoms with van der Waals surface area (Å²) in [6.07, 6.45) is 1.07. The molecule has 1 N–H and O–H groups in total. The standard InChI is InChI=1S/C15H14ClN3O4/c1-9(2)14(20)18-10-3-5-12(6-4-10)23-15-13(16)7-11(8-17-15)19(21)22/h3-9H,1-2H3,(H,18,20). The molecule has 1 aromatic heterocycles. The average molecular weight is 336 g/mol. The van der Waals surface area contributed by atoms with Gasteiger partial charge in [-0.2, -0.15) is 0 Å². The summed E-state index contributed by atoms with van der Waals surface area (Å²) in [4.78, 5) is 25.5. The molecule has 23 heavy (non-hydrogen) atoms. The van der Waals surface area contributed by atoms with Crippen LogP contribution in [0.5, 0.6) is 11.6 Å². The number of nitrogens with zero attached hydrogens (tertiary/aromatic N) is 2. The van der Waals surface area contributed by atoms with Gasteiger partial charge in [0.1, 0.15) is 17.0 Å². The van der Waals surface area contributed by atoms with Crippen LogP contribution in [0, 0.1) is 16.0 Å². The van der Waals surface area contributed by atoms with E-state index < -0.39 is 4.92 Å². The van der Waals surface area contributed by atoms with Crippen molar-refractivity contribution in [2.75, 3.05) is 5.32 Å². The molecule has 1 aromatic carbocycles. The highest BCUT2D eigenvalue weighted by atomic mass is 35.5. The SMILES string of the molecule is CC(C)C(=O)Nc1ccc(Oc2ncc([N+](=O)[O-])cc2Cl)cc1. The first-order valence-electron chi connectivity index (χ1n) is 6.75. The van der Waals surface area contributed by atoms with Gasteiger partial charge in [-0.15, -0.1) is 0 Å². The van der Waals surface area contributed by atoms with Gasteiger partial charge in [-0.25, -0.2) is 4.98 Å². The average Bonchev–Trinajstić information content (AvgIpc) is 2.50. The number of aromatic nitrogens is 1. The summed E-state index contributed by atoms with van der Waals surface area (Å²) in [6, 6.07) is 7.79. The summed E-state index contributed by atoms with van der Waals surface area (Å²) < 4.78 is 5.47. The summed E-state index contributed by atoms with van der Waals surface area (Å²) in [5, 5.41) is 13.4. The van der Waals surface area contributed by atoms with E-state index in [2.05, 4.69) is 10.3 Å². The van der Waals surface area contributed by atoms with Crippen LogP contribution in [-0.2, 0) is 4.79 Å². The van der Waals surface area contributed by atoms with Gasteiger partial charge in [-0.1, -0.05) is 25.4 Å². The van der Waals surface area contributed by atoms with E-state index in [1.165, 1.54) is 6.07 Å². The van der Waals surface area contributed by atoms with Crippen molar-refractivity contribution in [2.45, 2.75) is 13.8 Å². The van der Waals surface area contributed by atoms with E-state index in [1.54, 1.807) is 38.1 Å². The van der Waals surface area contributed by atoms with Crippen LogP contribution in [0.25, 0.3) is 0 Å². The van der Waals surface area contributed by atoms with E-state index in [0.717, 1.165) is 6.20 Å². The van der Waals surface area contributed by atoms with Crippen molar-refractivity contribution in [3.63, 3.8) is 0 Å². The molecular formula is C15H14ClN3O4. The molecule has 0 unspecified atom stereocenters. The lowest BCUT2D eigenvalue weighted by atomic mass is 10.2. The molecule has 8 heteroatoms. The summed E-state index contributed by atoms with van der Waals surface area (Å²) in [5.74, 6) is 0.305. The van der Waals surface area contributed by atoms with Crippen LogP contribution in [-0.4, -0.2) is 15.8 Å². The minimum atomic E-state index is -0.588. The zero-order valence-electron chi connectivity index (χ0n) is 12.4. The van der Waals surface area contributed by atoms with E-state index in [0.29, 0.717) is 11.4 Å². The molecule has 0 aliphatic heterocycles. The summed E-state index contributed by atoms with van der Waals surface area (Å²) >= 11 is 5.91. The number of nitro groups is 1. The Labute approximate surface area is 137 Å². The number of carbonyl (C=O) groups is 1. The summed E-state index contributed by atoms with van der Waals surface area (Å²) in [6.45, 7) is 3.60. The number of pyridine rings is 1. The number of hydrogen-bond acceptors (Lipinski definition) is 5. The van der Waals surface area contributed by atoms with Crippen LogP contribution in [0.4, 0.5) is 11.4 Å². The van der Waals surface area contributed by atoms with Crippen molar-refractivity contribution in [1.82, 2.24) is 4.98 Å². The van der Waals surface area contributed by atoms with Crippen molar-refractivity contribution in [3.05, 3.63) is 51.7 Å². The number of amides is 1. The molecule has 0 atom stereocenters. The molecular weight excluding hydrogens is 322 g/mol. The minimum absolute atomic E-state index is 0.0383. The molecule has 0 saturated carbocycles. The second kappa shape index (κ2) is 7.06. The number of ether oxygens (including phenoxy) is 1. The van der Waals surface area contributed by atoms with Gasteiger partial charge >= 0.3 is 0 Å². The number of hydrogen-bond donors (Lipinski definition) is 1. The maximum atomic E-state index is 11.6. The van der Waals surface area contributed by atoms with Crippen LogP contribution in [0.1, 0.15) is 13.8 Å². The van der Waals surface area contributed by atoms with Crippen molar-refractivity contribution >= 4 is 28.9 Å². The minimum Gasteiger partial charge on any atom is -0.438 e. The molecule has 0 aliphatic carbocycles. The molecule has 0 bridgehead atoms. The van der Waals surface area contributed by atoms with Crippen molar-refractivity contribution in [2.24, 2.45) is 5.92 Å². The highest BCUT2D eigenvalue weighted by Gasteiger charge is 2.13. The normalized spacial score (nSPS) is 10.4. The monoisotopic (exact) mass is 335 g/mol. The Morgan fingerprint density at radius 3 is 2.52 bits per heavy atom. The topological polar surface area (TPSA) is 94.4 Å². The second-order valence-electron chi connectivity index (χ2n) is 5.01. The maximum Gasteiger partial charge on any atom is 0.289 e. The van der Waals surface area contributed by atoms with Gasteiger partial charge in [0, 0.05) is 17.7 Å². The van der Waals surface area contributed by atoms with E-state index in [-0.39, 0.29) is 28.4 Å². The van der Waals surface area contributed by atoms with E-state index in [4.69, 9.17) is 16.3 Å². The van der Waals surface area contributed by atoms with Gasteiger partial charge in [-0.05, 0) is 24.3 Å². The quantitative estimate of drug-likeness (QED) is 0.657. The largest absolute Gasteiger partial charge is 0.438 e. The summed E-state index contributed by atoms with van der Waals surface area (Å²) in [7, 11) is 0. The molecule has 2 aromatic rings. The molecule has 7 nitrogen and oxygen atoms in total. The fourth-order valence-corrected chi connectivity index (χ4v) is 1.79. The fraction of sp³-hybridized carbons (Fsp3) is 0.200. The predicted molar refractivity (Wildman–Crippen MR) is 85.9 cm³/mol. The van der Waals surface area contributed by atoms with Crippen LogP contribution in [0.3, 0.4) is 0 Å². The molecule has 0 saturated heterocycles. The van der Waals surface area contributed by atoms with Gasteiger partial charge in [0.25, 0.3) is 5.69 Å². The Hall–Kier alpha value is -2.67. The van der Waals surface area contributed by atoms with Crippen molar-refractivity contribution < 1.29 is 14.5 Å². The van der Waals surface area contributed by atoms with Crippen molar-refractivity contribution in [1.29, 1.82) is 0 Å². The lowest BCUT2D eigenvalue weighted by Crippen LogP contribution is -2.17. The second-order valence-corrected chi connectivity index (χ2v) is 5.42. The Balaban J connectivity index is 2.09. The third kappa shape index (κ3) is 4.40. The van der Waals surface area contributed by atoms with Crippen LogP contribution < -0.4 is 10.1 Å². The number of benzene rings is 1. The highest BCUT2D eigenvalue weighted by molar-refractivity contribution is 6.32. The van der Waals surface area contributed by atoms with Crippen LogP contribution in [0.15, 0.2) is 36.5 Å². The zero-order chi connectivity index (χ0) is 17.0. The lowest BCUT2D eigenvalue weighted by molar-refractivity contribution is -0.385. The van der Waals surface area contributed by atoms with Gasteiger partial charge in [-0.3, -0.25) is 14.9 Å². The van der Waals surface area contributed by atoms with Crippen LogP contribution >= 0.6 is 11.6 Å². The first kappa shape index (κ1) is 16.7.